The molecule has 0 unspecified atom stereocenters. The molecule has 2 aromatic carbocycles. The molecule has 0 bridgehead atoms. The summed E-state index contributed by atoms with van der Waals surface area (Å²) in [5.41, 5.74) is 3.69. The molecular weight excluding hydrogens is 412 g/mol. The number of halogens is 1. The number of carbonyl (C=O) groups excluding carboxylic acids is 2. The minimum absolute atomic E-state index is 0.170. The summed E-state index contributed by atoms with van der Waals surface area (Å²) in [6.07, 6.45) is 5.71. The number of amides is 1. The van der Waals surface area contributed by atoms with Crippen LogP contribution in [0.15, 0.2) is 76.7 Å². The average Bonchev–Trinajstić information content (AvgIpc) is 2.70. The summed E-state index contributed by atoms with van der Waals surface area (Å²) >= 11 is 3.32. The number of esters is 1. The molecule has 0 aliphatic rings. The first-order valence-electron chi connectivity index (χ1n) is 7.79. The number of ether oxygens (including phenoxy) is 1. The van der Waals surface area contributed by atoms with Gasteiger partial charge < -0.3 is 4.74 Å². The Bertz CT molecular complexity index is 976. The zero-order chi connectivity index (χ0) is 19.1. The molecule has 0 radical (unpaired) electrons. The van der Waals surface area contributed by atoms with Crippen LogP contribution >= 0.6 is 15.9 Å². The number of nitrogens with one attached hydrogen (secondary N) is 1. The minimum Gasteiger partial charge on any atom is -0.423 e. The number of rotatable bonds is 5. The molecule has 27 heavy (non-hydrogen) atoms. The van der Waals surface area contributed by atoms with Crippen molar-refractivity contribution in [1.29, 1.82) is 0 Å². The lowest BCUT2D eigenvalue weighted by Crippen LogP contribution is -2.19. The third-order valence-corrected chi connectivity index (χ3v) is 4.05. The molecule has 0 fully saturated rings. The number of aromatic nitrogens is 2. The Morgan fingerprint density at radius 3 is 2.56 bits per heavy atom. The lowest BCUT2D eigenvalue weighted by molar-refractivity contribution is 0.0733. The van der Waals surface area contributed by atoms with Crippen LogP contribution in [0.4, 0.5) is 0 Å². The predicted octanol–water partition coefficient (Wildman–Crippen LogP) is 3.22. The van der Waals surface area contributed by atoms with Gasteiger partial charge in [-0.2, -0.15) is 5.10 Å². The fraction of sp³-hybridized carbons (Fsp3) is 0. The smallest absolute Gasteiger partial charge is 0.344 e. The van der Waals surface area contributed by atoms with E-state index in [9.17, 15) is 9.59 Å². The van der Waals surface area contributed by atoms with Crippen molar-refractivity contribution in [3.63, 3.8) is 0 Å². The highest BCUT2D eigenvalue weighted by Gasteiger charge is 2.11. The summed E-state index contributed by atoms with van der Waals surface area (Å²) in [5, 5.41) is 3.86. The van der Waals surface area contributed by atoms with E-state index in [0.717, 1.165) is 5.56 Å². The van der Waals surface area contributed by atoms with Gasteiger partial charge in [-0.3, -0.25) is 9.78 Å². The molecule has 0 atom stereocenters. The van der Waals surface area contributed by atoms with Gasteiger partial charge in [-0.15, -0.1) is 0 Å². The van der Waals surface area contributed by atoms with Crippen molar-refractivity contribution in [3.05, 3.63) is 88.4 Å². The number of hydrogen-bond donors (Lipinski definition) is 1. The molecule has 7 nitrogen and oxygen atoms in total. The standard InChI is InChI=1S/C19H13BrN4O3/c20-16-4-2-1-3-15(16)19(26)27-14-7-5-13(6-8-14)11-23-24-18(25)17-12-21-9-10-22-17/h1-12H,(H,24,25)/b23-11+. The van der Waals surface area contributed by atoms with Crippen LogP contribution in [0.5, 0.6) is 5.75 Å². The van der Waals surface area contributed by atoms with Crippen LogP contribution in [0.1, 0.15) is 26.4 Å². The summed E-state index contributed by atoms with van der Waals surface area (Å²) in [7, 11) is 0. The quantitative estimate of drug-likeness (QED) is 0.293. The number of hydrazone groups is 1. The molecule has 0 aliphatic carbocycles. The highest BCUT2D eigenvalue weighted by atomic mass is 79.9. The van der Waals surface area contributed by atoms with Crippen LogP contribution in [0.3, 0.4) is 0 Å². The van der Waals surface area contributed by atoms with E-state index in [1.165, 1.54) is 24.8 Å². The molecule has 1 amide bonds. The second-order valence-corrected chi connectivity index (χ2v) is 6.08. The number of hydrogen-bond acceptors (Lipinski definition) is 6. The second kappa shape index (κ2) is 8.81. The van der Waals surface area contributed by atoms with Gasteiger partial charge in [-0.25, -0.2) is 15.2 Å². The van der Waals surface area contributed by atoms with Crippen molar-refractivity contribution >= 4 is 34.0 Å². The third-order valence-electron chi connectivity index (χ3n) is 3.36. The predicted molar refractivity (Wildman–Crippen MR) is 103 cm³/mol. The van der Waals surface area contributed by atoms with Gasteiger partial charge in [0.25, 0.3) is 5.91 Å². The molecule has 134 valence electrons. The van der Waals surface area contributed by atoms with E-state index in [4.69, 9.17) is 4.74 Å². The van der Waals surface area contributed by atoms with Crippen molar-refractivity contribution in [2.24, 2.45) is 5.10 Å². The van der Waals surface area contributed by atoms with Gasteiger partial charge in [0, 0.05) is 16.9 Å². The Labute approximate surface area is 163 Å². The van der Waals surface area contributed by atoms with E-state index in [-0.39, 0.29) is 5.69 Å². The van der Waals surface area contributed by atoms with Crippen molar-refractivity contribution in [1.82, 2.24) is 15.4 Å². The Hall–Kier alpha value is -3.39. The molecule has 0 spiro atoms. The summed E-state index contributed by atoms with van der Waals surface area (Å²) < 4.78 is 6.00. The van der Waals surface area contributed by atoms with Gasteiger partial charge in [0.15, 0.2) is 0 Å². The monoisotopic (exact) mass is 424 g/mol. The van der Waals surface area contributed by atoms with E-state index in [0.29, 0.717) is 15.8 Å². The number of carbonyl (C=O) groups is 2. The van der Waals surface area contributed by atoms with E-state index in [2.05, 4.69) is 36.4 Å². The van der Waals surface area contributed by atoms with E-state index in [1.54, 1.807) is 42.5 Å². The van der Waals surface area contributed by atoms with E-state index in [1.807, 2.05) is 6.07 Å². The Morgan fingerprint density at radius 2 is 1.85 bits per heavy atom. The average molecular weight is 425 g/mol. The van der Waals surface area contributed by atoms with Crippen molar-refractivity contribution in [2.75, 3.05) is 0 Å². The van der Waals surface area contributed by atoms with Gasteiger partial charge in [0.1, 0.15) is 11.4 Å². The Morgan fingerprint density at radius 1 is 1.07 bits per heavy atom. The van der Waals surface area contributed by atoms with Crippen molar-refractivity contribution in [2.45, 2.75) is 0 Å². The summed E-state index contributed by atoms with van der Waals surface area (Å²) in [6.45, 7) is 0. The summed E-state index contributed by atoms with van der Waals surface area (Å²) in [4.78, 5) is 31.6. The van der Waals surface area contributed by atoms with Crippen molar-refractivity contribution < 1.29 is 14.3 Å². The first-order valence-corrected chi connectivity index (χ1v) is 8.59. The topological polar surface area (TPSA) is 93.5 Å². The normalized spacial score (nSPS) is 10.6. The number of nitrogens with zero attached hydrogens (tertiary/aromatic N) is 3. The van der Waals surface area contributed by atoms with Gasteiger partial charge in [-0.05, 0) is 57.9 Å². The van der Waals surface area contributed by atoms with E-state index < -0.39 is 11.9 Å². The fourth-order valence-electron chi connectivity index (χ4n) is 2.05. The lowest BCUT2D eigenvalue weighted by atomic mass is 10.2. The summed E-state index contributed by atoms with van der Waals surface area (Å²) in [5.74, 6) is -0.519. The molecule has 8 heteroatoms. The third kappa shape index (κ3) is 5.05. The molecule has 0 saturated heterocycles. The SMILES string of the molecule is O=C(N/N=C/c1ccc(OC(=O)c2ccccc2Br)cc1)c1cnccn1. The maximum atomic E-state index is 12.2. The maximum Gasteiger partial charge on any atom is 0.344 e. The van der Waals surface area contributed by atoms with Gasteiger partial charge in [-0.1, -0.05) is 12.1 Å². The molecule has 0 saturated carbocycles. The minimum atomic E-state index is -0.460. The Balaban J connectivity index is 1.58. The van der Waals surface area contributed by atoms with Crippen LogP contribution in [-0.4, -0.2) is 28.1 Å². The lowest BCUT2D eigenvalue weighted by Gasteiger charge is -2.06. The summed E-state index contributed by atoms with van der Waals surface area (Å²) in [6, 6.07) is 13.7. The van der Waals surface area contributed by atoms with Crippen molar-refractivity contribution in [3.8, 4) is 5.75 Å². The van der Waals surface area contributed by atoms with Crippen LogP contribution < -0.4 is 10.2 Å². The van der Waals surface area contributed by atoms with Gasteiger partial charge in [0.05, 0.1) is 18.0 Å². The highest BCUT2D eigenvalue weighted by Crippen LogP contribution is 2.19. The molecule has 3 rings (SSSR count). The largest absolute Gasteiger partial charge is 0.423 e. The molecular formula is C19H13BrN4O3. The zero-order valence-corrected chi connectivity index (χ0v) is 15.5. The van der Waals surface area contributed by atoms with E-state index >= 15 is 0 Å². The second-order valence-electron chi connectivity index (χ2n) is 5.23. The highest BCUT2D eigenvalue weighted by molar-refractivity contribution is 9.10. The van der Waals surface area contributed by atoms with Gasteiger partial charge in [0.2, 0.25) is 0 Å². The maximum absolute atomic E-state index is 12.2. The first-order chi connectivity index (χ1) is 13.1. The van der Waals surface area contributed by atoms with Crippen LogP contribution in [-0.2, 0) is 0 Å². The fourth-order valence-corrected chi connectivity index (χ4v) is 2.50. The van der Waals surface area contributed by atoms with Gasteiger partial charge >= 0.3 is 5.97 Å². The van der Waals surface area contributed by atoms with Crippen LogP contribution in [0.25, 0.3) is 0 Å². The Kier molecular flexibility index (Phi) is 6.01. The molecule has 3 aromatic rings. The molecule has 1 heterocycles. The zero-order valence-electron chi connectivity index (χ0n) is 13.9. The van der Waals surface area contributed by atoms with Crippen LogP contribution in [0, 0.1) is 0 Å². The first kappa shape index (κ1) is 18.4. The molecule has 0 aliphatic heterocycles. The molecule has 1 aromatic heterocycles. The molecule has 1 N–H and O–H groups in total. The van der Waals surface area contributed by atoms with Crippen LogP contribution in [0.2, 0.25) is 0 Å². The number of benzene rings is 2.